The summed E-state index contributed by atoms with van der Waals surface area (Å²) in [7, 11) is 0. The predicted molar refractivity (Wildman–Crippen MR) is 108 cm³/mol. The van der Waals surface area contributed by atoms with Gasteiger partial charge in [0.15, 0.2) is 0 Å². The summed E-state index contributed by atoms with van der Waals surface area (Å²) in [4.78, 5) is 48.3. The molecule has 0 aromatic carbocycles. The molecular formula is C17H32N4O7S. The molecule has 0 aromatic heterocycles. The van der Waals surface area contributed by atoms with Crippen molar-refractivity contribution in [2.75, 3.05) is 18.6 Å². The third kappa shape index (κ3) is 9.43. The summed E-state index contributed by atoms with van der Waals surface area (Å²) in [5, 5.41) is 35.1. The van der Waals surface area contributed by atoms with E-state index in [-0.39, 0.29) is 12.3 Å². The SMILES string of the molecule is CSCCC(NC(=O)C(NC(=O)C(N)CO)C(C)O)C(=O)NC(C(=O)O)C(C)C. The van der Waals surface area contributed by atoms with Crippen LogP contribution in [0.2, 0.25) is 0 Å². The number of aliphatic hydroxyl groups excluding tert-OH is 2. The summed E-state index contributed by atoms with van der Waals surface area (Å²) in [6, 6.07) is -4.89. The van der Waals surface area contributed by atoms with Crippen LogP contribution >= 0.6 is 11.8 Å². The van der Waals surface area contributed by atoms with Gasteiger partial charge >= 0.3 is 5.97 Å². The Kier molecular flexibility index (Phi) is 12.5. The molecule has 0 heterocycles. The van der Waals surface area contributed by atoms with E-state index in [1.54, 1.807) is 20.1 Å². The van der Waals surface area contributed by atoms with E-state index in [2.05, 4.69) is 16.0 Å². The molecular weight excluding hydrogens is 404 g/mol. The highest BCUT2D eigenvalue weighted by molar-refractivity contribution is 7.98. The van der Waals surface area contributed by atoms with E-state index in [4.69, 9.17) is 10.8 Å². The minimum absolute atomic E-state index is 0.208. The van der Waals surface area contributed by atoms with Gasteiger partial charge in [-0.3, -0.25) is 14.4 Å². The van der Waals surface area contributed by atoms with Crippen LogP contribution in [-0.2, 0) is 19.2 Å². The van der Waals surface area contributed by atoms with E-state index in [1.165, 1.54) is 18.7 Å². The maximum Gasteiger partial charge on any atom is 0.326 e. The van der Waals surface area contributed by atoms with Crippen LogP contribution in [0.1, 0.15) is 27.2 Å². The number of aliphatic carboxylic acids is 1. The molecule has 168 valence electrons. The van der Waals surface area contributed by atoms with Gasteiger partial charge in [-0.1, -0.05) is 13.8 Å². The van der Waals surface area contributed by atoms with Crippen molar-refractivity contribution < 1.29 is 34.5 Å². The van der Waals surface area contributed by atoms with E-state index in [1.807, 2.05) is 0 Å². The predicted octanol–water partition coefficient (Wildman–Crippen LogP) is -2.37. The monoisotopic (exact) mass is 436 g/mol. The molecule has 29 heavy (non-hydrogen) atoms. The average Bonchev–Trinajstić information content (AvgIpc) is 2.64. The molecule has 12 heteroatoms. The van der Waals surface area contributed by atoms with Crippen molar-refractivity contribution in [1.29, 1.82) is 0 Å². The van der Waals surface area contributed by atoms with Crippen molar-refractivity contribution in [2.24, 2.45) is 11.7 Å². The van der Waals surface area contributed by atoms with E-state index >= 15 is 0 Å². The summed E-state index contributed by atoms with van der Waals surface area (Å²) in [6.45, 7) is 3.89. The van der Waals surface area contributed by atoms with Crippen molar-refractivity contribution in [3.05, 3.63) is 0 Å². The van der Waals surface area contributed by atoms with Gasteiger partial charge in [-0.15, -0.1) is 0 Å². The largest absolute Gasteiger partial charge is 0.480 e. The van der Waals surface area contributed by atoms with E-state index in [0.717, 1.165) is 0 Å². The van der Waals surface area contributed by atoms with Crippen LogP contribution in [0.4, 0.5) is 0 Å². The fourth-order valence-electron chi connectivity index (χ4n) is 2.28. The molecule has 0 rings (SSSR count). The number of hydrogen-bond donors (Lipinski definition) is 7. The Morgan fingerprint density at radius 3 is 1.93 bits per heavy atom. The second-order valence-electron chi connectivity index (χ2n) is 6.93. The Labute approximate surface area is 174 Å². The quantitative estimate of drug-likeness (QED) is 0.165. The zero-order valence-electron chi connectivity index (χ0n) is 17.0. The highest BCUT2D eigenvalue weighted by atomic mass is 32.2. The maximum absolute atomic E-state index is 12.6. The van der Waals surface area contributed by atoms with Gasteiger partial charge < -0.3 is 37.0 Å². The lowest BCUT2D eigenvalue weighted by molar-refractivity contribution is -0.143. The first kappa shape index (κ1) is 27.1. The lowest BCUT2D eigenvalue weighted by Crippen LogP contribution is -2.60. The molecule has 0 bridgehead atoms. The number of carbonyl (C=O) groups is 4. The number of carboxylic acid groups (broad SMARTS) is 1. The van der Waals surface area contributed by atoms with Crippen LogP contribution in [0, 0.1) is 5.92 Å². The van der Waals surface area contributed by atoms with Crippen molar-refractivity contribution >= 4 is 35.5 Å². The Morgan fingerprint density at radius 2 is 1.52 bits per heavy atom. The Morgan fingerprint density at radius 1 is 0.966 bits per heavy atom. The first-order valence-electron chi connectivity index (χ1n) is 9.13. The van der Waals surface area contributed by atoms with Crippen molar-refractivity contribution in [3.63, 3.8) is 0 Å². The summed E-state index contributed by atoms with van der Waals surface area (Å²) >= 11 is 1.43. The van der Waals surface area contributed by atoms with E-state index in [0.29, 0.717) is 5.75 Å². The average molecular weight is 437 g/mol. The molecule has 8 N–H and O–H groups in total. The molecule has 5 atom stereocenters. The number of hydrogen-bond acceptors (Lipinski definition) is 8. The summed E-state index contributed by atoms with van der Waals surface area (Å²) < 4.78 is 0. The van der Waals surface area contributed by atoms with Crippen LogP contribution in [0.5, 0.6) is 0 Å². The van der Waals surface area contributed by atoms with Crippen molar-refractivity contribution in [1.82, 2.24) is 16.0 Å². The van der Waals surface area contributed by atoms with Crippen molar-refractivity contribution in [3.8, 4) is 0 Å². The first-order chi connectivity index (χ1) is 13.5. The molecule has 0 saturated heterocycles. The van der Waals surface area contributed by atoms with Gasteiger partial charge in [0.25, 0.3) is 0 Å². The highest BCUT2D eigenvalue weighted by Crippen LogP contribution is 2.06. The smallest absolute Gasteiger partial charge is 0.326 e. The van der Waals surface area contributed by atoms with Gasteiger partial charge in [-0.25, -0.2) is 4.79 Å². The maximum atomic E-state index is 12.6. The van der Waals surface area contributed by atoms with Crippen LogP contribution in [0.3, 0.4) is 0 Å². The molecule has 0 aliphatic heterocycles. The normalized spacial score (nSPS) is 16.3. The second-order valence-corrected chi connectivity index (χ2v) is 7.91. The standard InChI is InChI=1S/C17H32N4O7S/c1-8(2)12(17(27)28)20-15(25)11(5-6-29-4)19-16(26)13(9(3)23)21-14(24)10(18)7-22/h8-13,22-23H,5-7,18H2,1-4H3,(H,19,26)(H,20,25)(H,21,24)(H,27,28). The van der Waals surface area contributed by atoms with Crippen LogP contribution in [0.15, 0.2) is 0 Å². The molecule has 0 aromatic rings. The third-order valence-corrected chi connectivity index (χ3v) is 4.71. The molecule has 11 nitrogen and oxygen atoms in total. The lowest BCUT2D eigenvalue weighted by Gasteiger charge is -2.26. The van der Waals surface area contributed by atoms with E-state index in [9.17, 15) is 29.4 Å². The molecule has 0 aliphatic rings. The number of amides is 3. The molecule has 0 radical (unpaired) electrons. The van der Waals surface area contributed by atoms with Crippen molar-refractivity contribution in [2.45, 2.75) is 57.5 Å². The second kappa shape index (κ2) is 13.4. The molecule has 0 aliphatic carbocycles. The molecule has 0 spiro atoms. The van der Waals surface area contributed by atoms with E-state index < -0.39 is 60.6 Å². The lowest BCUT2D eigenvalue weighted by atomic mass is 10.0. The number of nitrogens with two attached hydrogens (primary N) is 1. The van der Waals surface area contributed by atoms with Gasteiger partial charge in [0.2, 0.25) is 17.7 Å². The Balaban J connectivity index is 5.34. The summed E-state index contributed by atoms with van der Waals surface area (Å²) in [5.41, 5.74) is 5.39. The highest BCUT2D eigenvalue weighted by Gasteiger charge is 2.32. The molecule has 0 saturated carbocycles. The van der Waals surface area contributed by atoms with Crippen LogP contribution in [-0.4, -0.2) is 87.9 Å². The summed E-state index contributed by atoms with van der Waals surface area (Å²) in [6.07, 6.45) is 0.705. The Bertz CT molecular complexity index is 574. The van der Waals surface area contributed by atoms with Gasteiger partial charge in [-0.2, -0.15) is 11.8 Å². The van der Waals surface area contributed by atoms with Crippen LogP contribution in [0.25, 0.3) is 0 Å². The van der Waals surface area contributed by atoms with Gasteiger partial charge in [-0.05, 0) is 31.3 Å². The van der Waals surface area contributed by atoms with Gasteiger partial charge in [0.05, 0.1) is 12.7 Å². The Hall–Kier alpha value is -1.89. The fourth-order valence-corrected chi connectivity index (χ4v) is 2.75. The van der Waals surface area contributed by atoms with Crippen LogP contribution < -0.4 is 21.7 Å². The topological polar surface area (TPSA) is 191 Å². The number of thioether (sulfide) groups is 1. The zero-order valence-corrected chi connectivity index (χ0v) is 17.9. The number of carboxylic acids is 1. The first-order valence-corrected chi connectivity index (χ1v) is 10.5. The fraction of sp³-hybridized carbons (Fsp3) is 0.765. The zero-order chi connectivity index (χ0) is 22.7. The summed E-state index contributed by atoms with van der Waals surface area (Å²) in [5.74, 6) is -3.44. The number of carbonyl (C=O) groups excluding carboxylic acids is 3. The van der Waals surface area contributed by atoms with Gasteiger partial charge in [0.1, 0.15) is 24.2 Å². The minimum atomic E-state index is -1.41. The number of aliphatic hydroxyl groups is 2. The minimum Gasteiger partial charge on any atom is -0.480 e. The third-order valence-electron chi connectivity index (χ3n) is 4.07. The molecule has 0 fully saturated rings. The number of rotatable bonds is 13. The van der Waals surface area contributed by atoms with Gasteiger partial charge in [0, 0.05) is 0 Å². The molecule has 3 amide bonds. The molecule has 5 unspecified atom stereocenters. The number of nitrogens with one attached hydrogen (secondary N) is 3.